The van der Waals surface area contributed by atoms with Gasteiger partial charge in [-0.15, -0.1) is 10.2 Å². The van der Waals surface area contributed by atoms with Crippen molar-refractivity contribution in [3.63, 3.8) is 0 Å². The third kappa shape index (κ3) is 4.83. The van der Waals surface area contributed by atoms with Crippen LogP contribution in [-0.4, -0.2) is 73.3 Å². The minimum atomic E-state index is -0.147. The molecule has 9 nitrogen and oxygen atoms in total. The molecule has 35 heavy (non-hydrogen) atoms. The van der Waals surface area contributed by atoms with Crippen LogP contribution in [0.15, 0.2) is 76.8 Å². The number of amides is 2. The SMILES string of the molecule is Cc1ccccc1-n1c(SCC(=O)N2CCN(C(=O)c3ccco3)CC2)nnc1-c1cccnc1. The molecule has 0 spiro atoms. The number of piperazine rings is 1. The topological polar surface area (TPSA) is 97.4 Å². The summed E-state index contributed by atoms with van der Waals surface area (Å²) in [7, 11) is 0. The number of rotatable bonds is 6. The quantitative estimate of drug-likeness (QED) is 0.384. The zero-order valence-corrected chi connectivity index (χ0v) is 20.0. The van der Waals surface area contributed by atoms with Crippen LogP contribution in [0, 0.1) is 6.92 Å². The van der Waals surface area contributed by atoms with Crippen molar-refractivity contribution in [3.8, 4) is 17.1 Å². The van der Waals surface area contributed by atoms with E-state index in [2.05, 4.69) is 15.2 Å². The zero-order chi connectivity index (χ0) is 24.2. The highest BCUT2D eigenvalue weighted by Crippen LogP contribution is 2.29. The summed E-state index contributed by atoms with van der Waals surface area (Å²) >= 11 is 1.36. The van der Waals surface area contributed by atoms with E-state index in [0.717, 1.165) is 16.8 Å². The molecule has 0 radical (unpaired) electrons. The van der Waals surface area contributed by atoms with Crippen molar-refractivity contribution >= 4 is 23.6 Å². The maximum Gasteiger partial charge on any atom is 0.289 e. The van der Waals surface area contributed by atoms with E-state index in [1.165, 1.54) is 18.0 Å². The highest BCUT2D eigenvalue weighted by molar-refractivity contribution is 7.99. The van der Waals surface area contributed by atoms with Crippen LogP contribution in [-0.2, 0) is 4.79 Å². The molecule has 1 aliphatic heterocycles. The Morgan fingerprint density at radius 1 is 0.971 bits per heavy atom. The number of hydrogen-bond donors (Lipinski definition) is 0. The van der Waals surface area contributed by atoms with E-state index in [-0.39, 0.29) is 17.6 Å². The number of thioether (sulfide) groups is 1. The van der Waals surface area contributed by atoms with Crippen molar-refractivity contribution in [3.05, 3.63) is 78.5 Å². The van der Waals surface area contributed by atoms with Gasteiger partial charge in [0, 0.05) is 44.1 Å². The molecule has 3 aromatic heterocycles. The van der Waals surface area contributed by atoms with Gasteiger partial charge in [0.25, 0.3) is 5.91 Å². The van der Waals surface area contributed by atoms with Crippen LogP contribution < -0.4 is 0 Å². The number of nitrogens with zero attached hydrogens (tertiary/aromatic N) is 6. The second-order valence-corrected chi connectivity index (χ2v) is 9.05. The molecule has 1 aliphatic rings. The Hall–Kier alpha value is -3.92. The monoisotopic (exact) mass is 488 g/mol. The van der Waals surface area contributed by atoms with Crippen molar-refractivity contribution < 1.29 is 14.0 Å². The van der Waals surface area contributed by atoms with E-state index in [0.29, 0.717) is 42.9 Å². The van der Waals surface area contributed by atoms with Gasteiger partial charge >= 0.3 is 0 Å². The standard InChI is InChI=1S/C25H24N6O3S/c1-18-6-2-3-8-20(18)31-23(19-7-4-10-26-16-19)27-28-25(31)35-17-22(32)29-11-13-30(14-12-29)24(33)21-9-5-15-34-21/h2-10,15-16H,11-14,17H2,1H3. The first-order valence-corrected chi connectivity index (χ1v) is 12.3. The van der Waals surface area contributed by atoms with Gasteiger partial charge in [-0.2, -0.15) is 0 Å². The summed E-state index contributed by atoms with van der Waals surface area (Å²) in [6, 6.07) is 15.2. The fraction of sp³-hybridized carbons (Fsp3) is 0.240. The van der Waals surface area contributed by atoms with Crippen LogP contribution >= 0.6 is 11.8 Å². The molecule has 178 valence electrons. The second-order valence-electron chi connectivity index (χ2n) is 8.11. The van der Waals surface area contributed by atoms with E-state index < -0.39 is 0 Å². The van der Waals surface area contributed by atoms with Gasteiger partial charge in [0.2, 0.25) is 5.91 Å². The number of benzene rings is 1. The lowest BCUT2D eigenvalue weighted by molar-refractivity contribution is -0.129. The highest BCUT2D eigenvalue weighted by atomic mass is 32.2. The number of furan rings is 1. The normalized spacial score (nSPS) is 13.7. The largest absolute Gasteiger partial charge is 0.459 e. The van der Waals surface area contributed by atoms with Crippen molar-refractivity contribution in [1.29, 1.82) is 0 Å². The van der Waals surface area contributed by atoms with E-state index in [4.69, 9.17) is 4.42 Å². The third-order valence-corrected chi connectivity index (χ3v) is 6.80. The van der Waals surface area contributed by atoms with Crippen molar-refractivity contribution in [2.45, 2.75) is 12.1 Å². The highest BCUT2D eigenvalue weighted by Gasteiger charge is 2.27. The number of aryl methyl sites for hydroxylation is 1. The Morgan fingerprint density at radius 2 is 1.77 bits per heavy atom. The molecule has 0 bridgehead atoms. The summed E-state index contributed by atoms with van der Waals surface area (Å²) in [6.45, 7) is 3.95. The molecule has 0 unspecified atom stereocenters. The summed E-state index contributed by atoms with van der Waals surface area (Å²) in [4.78, 5) is 33.2. The predicted molar refractivity (Wildman–Crippen MR) is 131 cm³/mol. The van der Waals surface area contributed by atoms with E-state index in [9.17, 15) is 9.59 Å². The third-order valence-electron chi connectivity index (χ3n) is 5.89. The Bertz CT molecular complexity index is 1310. The number of carbonyl (C=O) groups excluding carboxylic acids is 2. The molecule has 0 N–H and O–H groups in total. The van der Waals surface area contributed by atoms with Crippen molar-refractivity contribution in [1.82, 2.24) is 29.5 Å². The lowest BCUT2D eigenvalue weighted by Crippen LogP contribution is -2.51. The fourth-order valence-electron chi connectivity index (χ4n) is 4.01. The van der Waals surface area contributed by atoms with Crippen molar-refractivity contribution in [2.75, 3.05) is 31.9 Å². The Morgan fingerprint density at radius 3 is 2.49 bits per heavy atom. The van der Waals surface area contributed by atoms with Gasteiger partial charge in [0.1, 0.15) is 0 Å². The summed E-state index contributed by atoms with van der Waals surface area (Å²) in [6.07, 6.45) is 4.95. The predicted octanol–water partition coefficient (Wildman–Crippen LogP) is 3.31. The van der Waals surface area contributed by atoms with E-state index in [1.54, 1.807) is 34.3 Å². The number of pyridine rings is 1. The fourth-order valence-corrected chi connectivity index (χ4v) is 4.86. The average Bonchev–Trinajstić information content (AvgIpc) is 3.58. The van der Waals surface area contributed by atoms with Gasteiger partial charge in [-0.1, -0.05) is 30.0 Å². The minimum absolute atomic E-state index is 0.00218. The molecule has 1 saturated heterocycles. The van der Waals surface area contributed by atoms with Gasteiger partial charge in [0.15, 0.2) is 16.7 Å². The van der Waals surface area contributed by atoms with Gasteiger partial charge in [0.05, 0.1) is 17.7 Å². The molecule has 5 rings (SSSR count). The molecule has 1 fully saturated rings. The smallest absolute Gasteiger partial charge is 0.289 e. The molecule has 4 aromatic rings. The number of hydrogen-bond acceptors (Lipinski definition) is 7. The maximum absolute atomic E-state index is 13.0. The molecule has 0 saturated carbocycles. The Balaban J connectivity index is 1.29. The molecule has 2 amide bonds. The lowest BCUT2D eigenvalue weighted by atomic mass is 10.2. The molecular weight excluding hydrogens is 464 g/mol. The molecule has 10 heteroatoms. The van der Waals surface area contributed by atoms with Crippen molar-refractivity contribution in [2.24, 2.45) is 0 Å². The first-order chi connectivity index (χ1) is 17.1. The van der Waals surface area contributed by atoms with Crippen LogP contribution in [0.25, 0.3) is 17.1 Å². The lowest BCUT2D eigenvalue weighted by Gasteiger charge is -2.34. The molecule has 0 aliphatic carbocycles. The molecule has 1 aromatic carbocycles. The minimum Gasteiger partial charge on any atom is -0.459 e. The Kier molecular flexibility index (Phi) is 6.62. The molecular formula is C25H24N6O3S. The van der Waals surface area contributed by atoms with Crippen LogP contribution in [0.1, 0.15) is 16.1 Å². The number of carbonyl (C=O) groups is 2. The summed E-state index contributed by atoms with van der Waals surface area (Å²) in [5.74, 6) is 1.07. The summed E-state index contributed by atoms with van der Waals surface area (Å²) in [5, 5.41) is 9.46. The molecule has 0 atom stereocenters. The second kappa shape index (κ2) is 10.1. The van der Waals surface area contributed by atoms with Gasteiger partial charge in [-0.05, 0) is 42.8 Å². The zero-order valence-electron chi connectivity index (χ0n) is 19.2. The number of para-hydroxylation sites is 1. The van der Waals surface area contributed by atoms with E-state index in [1.807, 2.05) is 47.9 Å². The van der Waals surface area contributed by atoms with Crippen LogP contribution in [0.2, 0.25) is 0 Å². The van der Waals surface area contributed by atoms with Gasteiger partial charge in [-0.3, -0.25) is 19.1 Å². The summed E-state index contributed by atoms with van der Waals surface area (Å²) < 4.78 is 7.18. The summed E-state index contributed by atoms with van der Waals surface area (Å²) in [5.41, 5.74) is 2.87. The van der Waals surface area contributed by atoms with Crippen LogP contribution in [0.5, 0.6) is 0 Å². The van der Waals surface area contributed by atoms with Crippen LogP contribution in [0.4, 0.5) is 0 Å². The Labute approximate surface area is 206 Å². The van der Waals surface area contributed by atoms with Gasteiger partial charge < -0.3 is 14.2 Å². The maximum atomic E-state index is 13.0. The van der Waals surface area contributed by atoms with E-state index >= 15 is 0 Å². The van der Waals surface area contributed by atoms with Crippen LogP contribution in [0.3, 0.4) is 0 Å². The van der Waals surface area contributed by atoms with Gasteiger partial charge in [-0.25, -0.2) is 0 Å². The number of aromatic nitrogens is 4. The first-order valence-electron chi connectivity index (χ1n) is 11.3. The first kappa shape index (κ1) is 22.9. The molecule has 4 heterocycles. The average molecular weight is 489 g/mol.